The van der Waals surface area contributed by atoms with E-state index in [1.165, 1.54) is 31.2 Å². The summed E-state index contributed by atoms with van der Waals surface area (Å²) in [5.74, 6) is 0. The van der Waals surface area contributed by atoms with Crippen LogP contribution < -0.4 is 0 Å². The maximum Gasteiger partial charge on any atom is 0.402 e. The quantitative estimate of drug-likeness (QED) is 0.875. The Hall–Kier alpha value is -1.12. The van der Waals surface area contributed by atoms with Crippen LogP contribution in [0.2, 0.25) is 0 Å². The highest BCUT2D eigenvalue weighted by Crippen LogP contribution is 2.25. The third kappa shape index (κ3) is 4.69. The fourth-order valence-corrected chi connectivity index (χ4v) is 3.32. The standard InChI is InChI=1S/C13H18F3NO3S/c1-3-12(18)10-6-5-7-11(8-10)21(19,20)17(4-2)9-13(14,15)16/h5-8,12,18H,3-4,9H2,1-2H3. The van der Waals surface area contributed by atoms with Crippen LogP contribution in [0.15, 0.2) is 29.2 Å². The molecular formula is C13H18F3NO3S. The fourth-order valence-electron chi connectivity index (χ4n) is 1.83. The molecule has 4 nitrogen and oxygen atoms in total. The molecule has 0 saturated carbocycles. The average Bonchev–Trinajstić information content (AvgIpc) is 2.42. The summed E-state index contributed by atoms with van der Waals surface area (Å²) in [6.45, 7) is 1.23. The van der Waals surface area contributed by atoms with Crippen LogP contribution in [-0.4, -0.2) is 37.1 Å². The van der Waals surface area contributed by atoms with E-state index in [1.54, 1.807) is 6.92 Å². The number of rotatable bonds is 6. The van der Waals surface area contributed by atoms with Crippen molar-refractivity contribution in [2.75, 3.05) is 13.1 Å². The number of aliphatic hydroxyl groups excluding tert-OH is 1. The van der Waals surface area contributed by atoms with Gasteiger partial charge in [0.2, 0.25) is 10.0 Å². The Labute approximate surface area is 122 Å². The van der Waals surface area contributed by atoms with Crippen molar-refractivity contribution in [2.45, 2.75) is 37.4 Å². The molecule has 8 heteroatoms. The van der Waals surface area contributed by atoms with Gasteiger partial charge < -0.3 is 5.11 Å². The zero-order valence-electron chi connectivity index (χ0n) is 11.8. The van der Waals surface area contributed by atoms with E-state index in [-0.39, 0.29) is 11.4 Å². The second-order valence-electron chi connectivity index (χ2n) is 4.54. The molecule has 0 bridgehead atoms. The van der Waals surface area contributed by atoms with E-state index < -0.39 is 28.8 Å². The predicted octanol–water partition coefficient (Wildman–Crippen LogP) is 2.70. The van der Waals surface area contributed by atoms with Crippen LogP contribution in [0.4, 0.5) is 13.2 Å². The molecule has 0 saturated heterocycles. The van der Waals surface area contributed by atoms with Crippen molar-refractivity contribution in [2.24, 2.45) is 0 Å². The lowest BCUT2D eigenvalue weighted by atomic mass is 10.1. The zero-order chi connectivity index (χ0) is 16.3. The highest BCUT2D eigenvalue weighted by molar-refractivity contribution is 7.89. The van der Waals surface area contributed by atoms with Crippen molar-refractivity contribution in [3.63, 3.8) is 0 Å². The van der Waals surface area contributed by atoms with Crippen LogP contribution in [-0.2, 0) is 10.0 Å². The molecule has 0 radical (unpaired) electrons. The Balaban J connectivity index is 3.17. The first kappa shape index (κ1) is 17.9. The summed E-state index contributed by atoms with van der Waals surface area (Å²) < 4.78 is 62.2. The van der Waals surface area contributed by atoms with Gasteiger partial charge in [-0.3, -0.25) is 0 Å². The molecule has 0 aliphatic carbocycles. The Bertz CT molecular complexity index is 572. The van der Waals surface area contributed by atoms with Gasteiger partial charge in [-0.25, -0.2) is 8.42 Å². The number of sulfonamides is 1. The van der Waals surface area contributed by atoms with Gasteiger partial charge in [0.05, 0.1) is 11.0 Å². The van der Waals surface area contributed by atoms with Crippen molar-refractivity contribution in [3.05, 3.63) is 29.8 Å². The summed E-state index contributed by atoms with van der Waals surface area (Å²) in [4.78, 5) is -0.251. The molecule has 0 spiro atoms. The van der Waals surface area contributed by atoms with Gasteiger partial charge in [-0.15, -0.1) is 0 Å². The van der Waals surface area contributed by atoms with Crippen LogP contribution in [0.1, 0.15) is 31.9 Å². The Morgan fingerprint density at radius 3 is 2.38 bits per heavy atom. The Morgan fingerprint density at radius 1 is 1.29 bits per heavy atom. The van der Waals surface area contributed by atoms with E-state index in [9.17, 15) is 26.7 Å². The van der Waals surface area contributed by atoms with Gasteiger partial charge >= 0.3 is 6.18 Å². The predicted molar refractivity (Wildman–Crippen MR) is 72.2 cm³/mol. The van der Waals surface area contributed by atoms with Crippen LogP contribution in [0.5, 0.6) is 0 Å². The van der Waals surface area contributed by atoms with Crippen LogP contribution in [0.3, 0.4) is 0 Å². The number of aliphatic hydroxyl groups is 1. The highest BCUT2D eigenvalue weighted by Gasteiger charge is 2.36. The number of hydrogen-bond acceptors (Lipinski definition) is 3. The second kappa shape index (κ2) is 6.76. The summed E-state index contributed by atoms with van der Waals surface area (Å²) in [5, 5.41) is 9.71. The van der Waals surface area contributed by atoms with Crippen LogP contribution in [0, 0.1) is 0 Å². The summed E-state index contributed by atoms with van der Waals surface area (Å²) in [6.07, 6.45) is -5.08. The molecule has 1 aromatic rings. The molecule has 0 heterocycles. The number of halogens is 3. The minimum atomic E-state index is -4.61. The zero-order valence-corrected chi connectivity index (χ0v) is 12.6. The molecule has 0 aromatic heterocycles. The number of hydrogen-bond donors (Lipinski definition) is 1. The highest BCUT2D eigenvalue weighted by atomic mass is 32.2. The van der Waals surface area contributed by atoms with E-state index in [1.807, 2.05) is 0 Å². The maximum absolute atomic E-state index is 12.5. The van der Waals surface area contributed by atoms with Gasteiger partial charge in [-0.2, -0.15) is 17.5 Å². The third-order valence-corrected chi connectivity index (χ3v) is 4.89. The lowest BCUT2D eigenvalue weighted by Crippen LogP contribution is -2.38. The smallest absolute Gasteiger partial charge is 0.388 e. The molecule has 1 rings (SSSR count). The van der Waals surface area contributed by atoms with Crippen molar-refractivity contribution in [1.29, 1.82) is 0 Å². The number of nitrogens with zero attached hydrogens (tertiary/aromatic N) is 1. The van der Waals surface area contributed by atoms with Gasteiger partial charge in [0, 0.05) is 6.54 Å². The minimum Gasteiger partial charge on any atom is -0.388 e. The van der Waals surface area contributed by atoms with E-state index >= 15 is 0 Å². The second-order valence-corrected chi connectivity index (χ2v) is 6.48. The molecule has 0 aliphatic heterocycles. The van der Waals surface area contributed by atoms with E-state index in [0.717, 1.165) is 0 Å². The summed E-state index contributed by atoms with van der Waals surface area (Å²) >= 11 is 0. The van der Waals surface area contributed by atoms with Gasteiger partial charge in [-0.1, -0.05) is 26.0 Å². The lowest BCUT2D eigenvalue weighted by molar-refractivity contribution is -0.135. The Morgan fingerprint density at radius 2 is 1.90 bits per heavy atom. The molecular weight excluding hydrogens is 307 g/mol. The first-order valence-corrected chi connectivity index (χ1v) is 7.90. The molecule has 1 unspecified atom stereocenters. The molecule has 21 heavy (non-hydrogen) atoms. The third-order valence-electron chi connectivity index (χ3n) is 2.98. The van der Waals surface area contributed by atoms with Gasteiger partial charge in [-0.05, 0) is 24.1 Å². The van der Waals surface area contributed by atoms with E-state index in [0.29, 0.717) is 16.3 Å². The lowest BCUT2D eigenvalue weighted by Gasteiger charge is -2.22. The number of alkyl halides is 3. The molecule has 0 fully saturated rings. The number of benzene rings is 1. The van der Waals surface area contributed by atoms with Crippen LogP contribution in [0.25, 0.3) is 0 Å². The topological polar surface area (TPSA) is 57.6 Å². The molecule has 1 N–H and O–H groups in total. The van der Waals surface area contributed by atoms with Gasteiger partial charge in [0.1, 0.15) is 6.54 Å². The maximum atomic E-state index is 12.5. The molecule has 0 amide bonds. The summed E-state index contributed by atoms with van der Waals surface area (Å²) in [5.41, 5.74) is 0.363. The summed E-state index contributed by atoms with van der Waals surface area (Å²) in [6, 6.07) is 5.37. The largest absolute Gasteiger partial charge is 0.402 e. The SMILES string of the molecule is CCC(O)c1cccc(S(=O)(=O)N(CC)CC(F)(F)F)c1. The molecule has 1 atom stereocenters. The monoisotopic (exact) mass is 325 g/mol. The van der Waals surface area contributed by atoms with Gasteiger partial charge in [0.25, 0.3) is 0 Å². The molecule has 0 aliphatic rings. The van der Waals surface area contributed by atoms with Crippen molar-refractivity contribution >= 4 is 10.0 Å². The molecule has 1 aromatic carbocycles. The normalized spacial score (nSPS) is 14.4. The summed E-state index contributed by atoms with van der Waals surface area (Å²) in [7, 11) is -4.25. The average molecular weight is 325 g/mol. The van der Waals surface area contributed by atoms with E-state index in [4.69, 9.17) is 0 Å². The molecule has 120 valence electrons. The van der Waals surface area contributed by atoms with Crippen LogP contribution >= 0.6 is 0 Å². The minimum absolute atomic E-state index is 0.251. The van der Waals surface area contributed by atoms with E-state index in [2.05, 4.69) is 0 Å². The van der Waals surface area contributed by atoms with Gasteiger partial charge in [0.15, 0.2) is 0 Å². The van der Waals surface area contributed by atoms with Crippen molar-refractivity contribution in [3.8, 4) is 0 Å². The van der Waals surface area contributed by atoms with Crippen molar-refractivity contribution in [1.82, 2.24) is 4.31 Å². The van der Waals surface area contributed by atoms with Crippen molar-refractivity contribution < 1.29 is 26.7 Å². The Kier molecular flexibility index (Phi) is 5.77. The first-order valence-electron chi connectivity index (χ1n) is 6.46. The fraction of sp³-hybridized carbons (Fsp3) is 0.538. The first-order chi connectivity index (χ1) is 9.61.